The van der Waals surface area contributed by atoms with Gasteiger partial charge in [-0.05, 0) is 36.1 Å². The molecule has 0 aromatic heterocycles. The van der Waals surface area contributed by atoms with Crippen molar-refractivity contribution in [2.45, 2.75) is 45.0 Å². The maximum Gasteiger partial charge on any atom is 0.438 e. The van der Waals surface area contributed by atoms with Gasteiger partial charge in [-0.3, -0.25) is 4.79 Å². The van der Waals surface area contributed by atoms with Gasteiger partial charge in [0.05, 0.1) is 0 Å². The Kier molecular flexibility index (Phi) is 4.89. The van der Waals surface area contributed by atoms with Gasteiger partial charge in [-0.1, -0.05) is 19.9 Å². The molecule has 0 radical (unpaired) electrons. The zero-order valence-electron chi connectivity index (χ0n) is 13.6. The van der Waals surface area contributed by atoms with Crippen LogP contribution in [0.1, 0.15) is 37.3 Å². The molecule has 1 aromatic carbocycles. The lowest BCUT2D eigenvalue weighted by Gasteiger charge is -2.32. The quantitative estimate of drug-likeness (QED) is 0.913. The van der Waals surface area contributed by atoms with Gasteiger partial charge in [0.25, 0.3) is 11.6 Å². The van der Waals surface area contributed by atoms with Crippen LogP contribution in [0.3, 0.4) is 0 Å². The molecule has 1 aromatic rings. The van der Waals surface area contributed by atoms with Crippen molar-refractivity contribution in [1.82, 2.24) is 5.01 Å². The second-order valence-corrected chi connectivity index (χ2v) is 5.98. The molecule has 1 aliphatic heterocycles. The van der Waals surface area contributed by atoms with Gasteiger partial charge in [0.1, 0.15) is 5.75 Å². The monoisotopic (exact) mass is 344 g/mol. The van der Waals surface area contributed by atoms with E-state index in [2.05, 4.69) is 5.10 Å². The van der Waals surface area contributed by atoms with Crippen LogP contribution in [-0.2, 0) is 4.79 Å². The predicted molar refractivity (Wildman–Crippen MR) is 81.7 cm³/mol. The molecule has 5 nitrogen and oxygen atoms in total. The molecule has 8 heteroatoms. The molecule has 1 atom stereocenters. The summed E-state index contributed by atoms with van der Waals surface area (Å²) in [6.07, 6.45) is -4.95. The SMILES string of the molecule is Cc1cc(OCC(=O)N2N=CC[C@@]2(O)C(F)(F)F)ccc1C(C)C. The molecule has 1 heterocycles. The highest BCUT2D eigenvalue weighted by Gasteiger charge is 2.61. The van der Waals surface area contributed by atoms with E-state index in [1.54, 1.807) is 12.1 Å². The Morgan fingerprint density at radius 3 is 2.67 bits per heavy atom. The summed E-state index contributed by atoms with van der Waals surface area (Å²) in [5, 5.41) is 13.1. The summed E-state index contributed by atoms with van der Waals surface area (Å²) in [7, 11) is 0. The van der Waals surface area contributed by atoms with Crippen molar-refractivity contribution in [3.05, 3.63) is 29.3 Å². The molecule has 24 heavy (non-hydrogen) atoms. The molecule has 0 spiro atoms. The average molecular weight is 344 g/mol. The van der Waals surface area contributed by atoms with E-state index in [0.29, 0.717) is 11.7 Å². The number of hydrazone groups is 1. The number of aryl methyl sites for hydroxylation is 1. The van der Waals surface area contributed by atoms with Crippen LogP contribution in [0.4, 0.5) is 13.2 Å². The minimum Gasteiger partial charge on any atom is -0.484 e. The second kappa shape index (κ2) is 6.43. The first-order valence-electron chi connectivity index (χ1n) is 7.44. The van der Waals surface area contributed by atoms with Crippen molar-refractivity contribution in [1.29, 1.82) is 0 Å². The zero-order chi connectivity index (χ0) is 18.1. The molecule has 0 fully saturated rings. The maximum absolute atomic E-state index is 12.9. The number of carbonyl (C=O) groups is 1. The maximum atomic E-state index is 12.9. The smallest absolute Gasteiger partial charge is 0.438 e. The Hall–Kier alpha value is -2.09. The molecular formula is C16H19F3N2O3. The fraction of sp³-hybridized carbons (Fsp3) is 0.500. The van der Waals surface area contributed by atoms with Gasteiger partial charge >= 0.3 is 6.18 Å². The number of halogens is 3. The van der Waals surface area contributed by atoms with Crippen LogP contribution in [0.5, 0.6) is 5.75 Å². The van der Waals surface area contributed by atoms with E-state index in [1.807, 2.05) is 26.8 Å². The Morgan fingerprint density at radius 1 is 1.46 bits per heavy atom. The summed E-state index contributed by atoms with van der Waals surface area (Å²) in [6.45, 7) is 5.30. The lowest BCUT2D eigenvalue weighted by molar-refractivity contribution is -0.302. The van der Waals surface area contributed by atoms with Crippen LogP contribution >= 0.6 is 0 Å². The summed E-state index contributed by atoms with van der Waals surface area (Å²) < 4.78 is 44.0. The van der Waals surface area contributed by atoms with Gasteiger partial charge in [-0.2, -0.15) is 23.3 Å². The Bertz CT molecular complexity index is 658. The summed E-state index contributed by atoms with van der Waals surface area (Å²) in [5.41, 5.74) is -1.24. The molecule has 1 amide bonds. The minimum absolute atomic E-state index is 0.0301. The molecule has 2 rings (SSSR count). The molecule has 1 aliphatic rings. The van der Waals surface area contributed by atoms with Crippen LogP contribution in [0.15, 0.2) is 23.3 Å². The van der Waals surface area contributed by atoms with Crippen molar-refractivity contribution >= 4 is 12.1 Å². The van der Waals surface area contributed by atoms with E-state index < -0.39 is 30.8 Å². The van der Waals surface area contributed by atoms with Crippen molar-refractivity contribution in [2.24, 2.45) is 5.10 Å². The van der Waals surface area contributed by atoms with Crippen molar-refractivity contribution in [3.8, 4) is 5.75 Å². The predicted octanol–water partition coefficient (Wildman–Crippen LogP) is 2.97. The third kappa shape index (κ3) is 3.38. The van der Waals surface area contributed by atoms with Gasteiger partial charge in [-0.15, -0.1) is 0 Å². The van der Waals surface area contributed by atoms with Crippen molar-refractivity contribution in [3.63, 3.8) is 0 Å². The van der Waals surface area contributed by atoms with Gasteiger partial charge in [0.2, 0.25) is 0 Å². The summed E-state index contributed by atoms with van der Waals surface area (Å²) in [6, 6.07) is 5.21. The van der Waals surface area contributed by atoms with E-state index in [-0.39, 0.29) is 5.01 Å². The van der Waals surface area contributed by atoms with Crippen LogP contribution in [0.25, 0.3) is 0 Å². The molecule has 132 valence electrons. The van der Waals surface area contributed by atoms with E-state index in [4.69, 9.17) is 4.74 Å². The number of hydrogen-bond acceptors (Lipinski definition) is 4. The lowest BCUT2D eigenvalue weighted by Crippen LogP contribution is -2.57. The summed E-state index contributed by atoms with van der Waals surface area (Å²) in [4.78, 5) is 12.0. The van der Waals surface area contributed by atoms with Gasteiger partial charge in [0, 0.05) is 12.6 Å². The number of carbonyl (C=O) groups excluding carboxylic acids is 1. The normalized spacial score (nSPS) is 20.8. The third-order valence-corrected chi connectivity index (χ3v) is 3.84. The number of nitrogens with zero attached hydrogens (tertiary/aromatic N) is 2. The number of hydrogen-bond donors (Lipinski definition) is 1. The topological polar surface area (TPSA) is 62.1 Å². The Morgan fingerprint density at radius 2 is 2.12 bits per heavy atom. The third-order valence-electron chi connectivity index (χ3n) is 3.84. The lowest BCUT2D eigenvalue weighted by atomic mass is 9.98. The number of rotatable bonds is 4. The molecule has 0 unspecified atom stereocenters. The van der Waals surface area contributed by atoms with Crippen LogP contribution in [-0.4, -0.2) is 40.7 Å². The average Bonchev–Trinajstić information content (AvgIpc) is 2.87. The van der Waals surface area contributed by atoms with Gasteiger partial charge in [0.15, 0.2) is 6.61 Å². The highest BCUT2D eigenvalue weighted by molar-refractivity contribution is 5.81. The standard InChI is InChI=1S/C16H19F3N2O3/c1-10(2)13-5-4-12(8-11(13)3)24-9-14(22)21-15(23,6-7-20-21)16(17,18)19/h4-5,7-8,10,23H,6,9H2,1-3H3/t15-/m1/s1. The van der Waals surface area contributed by atoms with Crippen LogP contribution in [0.2, 0.25) is 0 Å². The first-order chi connectivity index (χ1) is 11.1. The van der Waals surface area contributed by atoms with Gasteiger partial charge < -0.3 is 9.84 Å². The van der Waals surface area contributed by atoms with Crippen LogP contribution in [0, 0.1) is 6.92 Å². The molecular weight excluding hydrogens is 325 g/mol. The number of amides is 1. The number of benzene rings is 1. The largest absolute Gasteiger partial charge is 0.484 e. The molecule has 1 N–H and O–H groups in total. The summed E-state index contributed by atoms with van der Waals surface area (Å²) in [5.74, 6) is -0.389. The second-order valence-electron chi connectivity index (χ2n) is 5.98. The minimum atomic E-state index is -5.01. The van der Waals surface area contributed by atoms with E-state index in [1.165, 1.54) is 0 Å². The van der Waals surface area contributed by atoms with E-state index in [9.17, 15) is 23.1 Å². The first kappa shape index (κ1) is 18.3. The van der Waals surface area contributed by atoms with Crippen molar-refractivity contribution < 1.29 is 27.8 Å². The highest BCUT2D eigenvalue weighted by Crippen LogP contribution is 2.38. The van der Waals surface area contributed by atoms with Gasteiger partial charge in [-0.25, -0.2) is 0 Å². The molecule has 0 saturated heterocycles. The number of aliphatic hydroxyl groups is 1. The summed E-state index contributed by atoms with van der Waals surface area (Å²) >= 11 is 0. The van der Waals surface area contributed by atoms with E-state index >= 15 is 0 Å². The molecule has 0 bridgehead atoms. The number of ether oxygens (including phenoxy) is 1. The zero-order valence-corrected chi connectivity index (χ0v) is 13.6. The number of alkyl halides is 3. The Balaban J connectivity index is 2.06. The van der Waals surface area contributed by atoms with E-state index in [0.717, 1.165) is 17.3 Å². The first-order valence-corrected chi connectivity index (χ1v) is 7.44. The fourth-order valence-electron chi connectivity index (χ4n) is 2.53. The Labute approximate surface area is 137 Å². The van der Waals surface area contributed by atoms with Crippen LogP contribution < -0.4 is 4.74 Å². The molecule has 0 saturated carbocycles. The van der Waals surface area contributed by atoms with Crippen molar-refractivity contribution in [2.75, 3.05) is 6.61 Å². The highest BCUT2D eigenvalue weighted by atomic mass is 19.4. The molecule has 0 aliphatic carbocycles. The fourth-order valence-corrected chi connectivity index (χ4v) is 2.53.